The first-order valence-corrected chi connectivity index (χ1v) is 10.6. The van der Waals surface area contributed by atoms with Gasteiger partial charge in [0.05, 0.1) is 12.4 Å². The van der Waals surface area contributed by atoms with Crippen LogP contribution in [0.15, 0.2) is 66.9 Å². The van der Waals surface area contributed by atoms with Crippen molar-refractivity contribution in [2.75, 3.05) is 23.4 Å². The van der Waals surface area contributed by atoms with Gasteiger partial charge >= 0.3 is 0 Å². The molecule has 0 aliphatic rings. The summed E-state index contributed by atoms with van der Waals surface area (Å²) in [6, 6.07) is 17.8. The summed E-state index contributed by atoms with van der Waals surface area (Å²) in [4.78, 5) is 11.8. The lowest BCUT2D eigenvalue weighted by atomic mass is 10.1. The van der Waals surface area contributed by atoms with Crippen LogP contribution >= 0.6 is 27.7 Å². The number of benzene rings is 2. The Hall–Kier alpha value is -1.98. The molecule has 0 spiro atoms. The predicted molar refractivity (Wildman–Crippen MR) is 116 cm³/mol. The highest BCUT2D eigenvalue weighted by Crippen LogP contribution is 2.10. The summed E-state index contributed by atoms with van der Waals surface area (Å²) < 4.78 is 5.59. The summed E-state index contributed by atoms with van der Waals surface area (Å²) in [6.07, 6.45) is 7.68. The quantitative estimate of drug-likeness (QED) is 0.425. The molecular formula is C21H22BrNO2S. The molecule has 0 unspecified atom stereocenters. The standard InChI is InChI=1S/C21H22BrNO2S/c22-13-4-5-18-8-10-19(11-9-18)12-14-23-21(24)17-26-16-15-25-20-6-2-1-3-7-20/h1-12,14H,13,15-17H2,(H,23,24)/b5-4+,14-12+. The average molecular weight is 432 g/mol. The van der Waals surface area contributed by atoms with Gasteiger partial charge in [0.1, 0.15) is 5.75 Å². The van der Waals surface area contributed by atoms with E-state index in [-0.39, 0.29) is 5.91 Å². The molecule has 0 aromatic heterocycles. The molecule has 0 fully saturated rings. The minimum atomic E-state index is -0.0113. The molecule has 0 aliphatic carbocycles. The number of halogens is 1. The van der Waals surface area contributed by atoms with E-state index in [1.165, 1.54) is 0 Å². The van der Waals surface area contributed by atoms with Crippen molar-refractivity contribution >= 4 is 45.8 Å². The van der Waals surface area contributed by atoms with E-state index in [1.54, 1.807) is 18.0 Å². The molecule has 0 saturated carbocycles. The first kappa shape index (κ1) is 20.3. The number of thioether (sulfide) groups is 1. The van der Waals surface area contributed by atoms with Gasteiger partial charge in [-0.05, 0) is 29.3 Å². The van der Waals surface area contributed by atoms with Gasteiger partial charge in [-0.3, -0.25) is 4.79 Å². The zero-order chi connectivity index (χ0) is 18.5. The van der Waals surface area contributed by atoms with Gasteiger partial charge in [0.15, 0.2) is 0 Å². The van der Waals surface area contributed by atoms with Crippen molar-refractivity contribution in [2.24, 2.45) is 0 Å². The molecule has 2 aromatic rings. The van der Waals surface area contributed by atoms with Crippen LogP contribution in [-0.4, -0.2) is 29.3 Å². The number of allylic oxidation sites excluding steroid dienone is 1. The van der Waals surface area contributed by atoms with Crippen LogP contribution in [-0.2, 0) is 4.79 Å². The van der Waals surface area contributed by atoms with Crippen LogP contribution in [0.2, 0.25) is 0 Å². The van der Waals surface area contributed by atoms with Gasteiger partial charge in [0, 0.05) is 17.3 Å². The molecule has 2 rings (SSSR count). The highest BCUT2D eigenvalue weighted by Gasteiger charge is 1.99. The number of ether oxygens (including phenoxy) is 1. The van der Waals surface area contributed by atoms with E-state index in [4.69, 9.17) is 4.74 Å². The Morgan fingerprint density at radius 3 is 2.42 bits per heavy atom. The van der Waals surface area contributed by atoms with E-state index in [9.17, 15) is 4.79 Å². The van der Waals surface area contributed by atoms with E-state index in [1.807, 2.05) is 66.7 Å². The molecule has 26 heavy (non-hydrogen) atoms. The molecule has 0 atom stereocenters. The van der Waals surface area contributed by atoms with Crippen molar-refractivity contribution in [2.45, 2.75) is 0 Å². The third-order valence-electron chi connectivity index (χ3n) is 3.33. The van der Waals surface area contributed by atoms with Crippen molar-refractivity contribution < 1.29 is 9.53 Å². The van der Waals surface area contributed by atoms with Crippen molar-refractivity contribution in [3.63, 3.8) is 0 Å². The normalized spacial score (nSPS) is 11.1. The zero-order valence-electron chi connectivity index (χ0n) is 14.4. The van der Waals surface area contributed by atoms with Gasteiger partial charge in [-0.15, -0.1) is 11.8 Å². The number of amides is 1. The van der Waals surface area contributed by atoms with Crippen LogP contribution in [0.5, 0.6) is 5.75 Å². The Morgan fingerprint density at radius 1 is 1.04 bits per heavy atom. The van der Waals surface area contributed by atoms with Crippen LogP contribution in [0.1, 0.15) is 11.1 Å². The van der Waals surface area contributed by atoms with Gasteiger partial charge in [0.2, 0.25) is 5.91 Å². The van der Waals surface area contributed by atoms with E-state index in [0.717, 1.165) is 28.0 Å². The van der Waals surface area contributed by atoms with Gasteiger partial charge in [-0.2, -0.15) is 0 Å². The molecule has 0 radical (unpaired) electrons. The van der Waals surface area contributed by atoms with Crippen LogP contribution in [0.25, 0.3) is 12.2 Å². The highest BCUT2D eigenvalue weighted by atomic mass is 79.9. The molecule has 5 heteroatoms. The molecular weight excluding hydrogens is 410 g/mol. The number of nitrogens with one attached hydrogen (secondary N) is 1. The summed E-state index contributed by atoms with van der Waals surface area (Å²) in [5.41, 5.74) is 2.20. The Balaban J connectivity index is 1.60. The van der Waals surface area contributed by atoms with E-state index < -0.39 is 0 Å². The van der Waals surface area contributed by atoms with Crippen LogP contribution < -0.4 is 10.1 Å². The summed E-state index contributed by atoms with van der Waals surface area (Å²) >= 11 is 4.91. The van der Waals surface area contributed by atoms with Crippen molar-refractivity contribution in [3.8, 4) is 5.75 Å². The molecule has 3 nitrogen and oxygen atoms in total. The third-order valence-corrected chi connectivity index (χ3v) is 4.62. The maximum absolute atomic E-state index is 11.8. The van der Waals surface area contributed by atoms with Gasteiger partial charge < -0.3 is 10.1 Å². The van der Waals surface area contributed by atoms with Crippen LogP contribution in [0, 0.1) is 0 Å². The minimum absolute atomic E-state index is 0.0113. The molecule has 0 aliphatic heterocycles. The lowest BCUT2D eigenvalue weighted by Gasteiger charge is -2.05. The Morgan fingerprint density at radius 2 is 1.73 bits per heavy atom. The van der Waals surface area contributed by atoms with Crippen LogP contribution in [0.4, 0.5) is 0 Å². The molecule has 1 N–H and O–H groups in total. The summed E-state index contributed by atoms with van der Waals surface area (Å²) in [5, 5.41) is 3.63. The zero-order valence-corrected chi connectivity index (χ0v) is 16.8. The predicted octanol–water partition coefficient (Wildman–Crippen LogP) is 4.99. The topological polar surface area (TPSA) is 38.3 Å². The molecule has 0 heterocycles. The second kappa shape index (κ2) is 12.4. The number of rotatable bonds is 10. The van der Waals surface area contributed by atoms with Crippen LogP contribution in [0.3, 0.4) is 0 Å². The van der Waals surface area contributed by atoms with E-state index in [2.05, 4.69) is 27.3 Å². The fourth-order valence-electron chi connectivity index (χ4n) is 2.07. The van der Waals surface area contributed by atoms with Crippen molar-refractivity contribution in [1.82, 2.24) is 5.32 Å². The maximum atomic E-state index is 11.8. The molecule has 136 valence electrons. The van der Waals surface area contributed by atoms with E-state index >= 15 is 0 Å². The second-order valence-electron chi connectivity index (χ2n) is 5.34. The maximum Gasteiger partial charge on any atom is 0.233 e. The first-order chi connectivity index (χ1) is 12.8. The average Bonchev–Trinajstić information content (AvgIpc) is 2.68. The van der Waals surface area contributed by atoms with Gasteiger partial charge in [-0.25, -0.2) is 0 Å². The molecule has 0 saturated heterocycles. The Kier molecular flexibility index (Phi) is 9.69. The summed E-state index contributed by atoms with van der Waals surface area (Å²) in [6.45, 7) is 0.591. The minimum Gasteiger partial charge on any atom is -0.493 e. The summed E-state index contributed by atoms with van der Waals surface area (Å²) in [5.74, 6) is 2.03. The number of para-hydroxylation sites is 1. The number of alkyl halides is 1. The van der Waals surface area contributed by atoms with E-state index in [0.29, 0.717) is 12.4 Å². The molecule has 0 bridgehead atoms. The number of hydrogen-bond donors (Lipinski definition) is 1. The Bertz CT molecular complexity index is 715. The fourth-order valence-corrected chi connectivity index (χ4v) is 2.87. The molecule has 1 amide bonds. The lowest BCUT2D eigenvalue weighted by Crippen LogP contribution is -2.19. The number of hydrogen-bond acceptors (Lipinski definition) is 3. The smallest absolute Gasteiger partial charge is 0.233 e. The van der Waals surface area contributed by atoms with Crippen molar-refractivity contribution in [3.05, 3.63) is 78.0 Å². The first-order valence-electron chi connectivity index (χ1n) is 8.32. The molecule has 2 aromatic carbocycles. The summed E-state index contributed by atoms with van der Waals surface area (Å²) in [7, 11) is 0. The Labute approximate surface area is 167 Å². The fraction of sp³-hybridized carbons (Fsp3) is 0.190. The largest absolute Gasteiger partial charge is 0.493 e. The highest BCUT2D eigenvalue weighted by molar-refractivity contribution is 9.09. The third kappa shape index (κ3) is 8.41. The van der Waals surface area contributed by atoms with Crippen molar-refractivity contribution in [1.29, 1.82) is 0 Å². The lowest BCUT2D eigenvalue weighted by molar-refractivity contribution is -0.117. The second-order valence-corrected chi connectivity index (χ2v) is 7.09. The SMILES string of the molecule is O=C(CSCCOc1ccccc1)N/C=C/c1ccc(/C=C/CBr)cc1. The number of carbonyl (C=O) groups is 1. The van der Waals surface area contributed by atoms with Gasteiger partial charge in [-0.1, -0.05) is 70.5 Å². The van der Waals surface area contributed by atoms with Gasteiger partial charge in [0.25, 0.3) is 0 Å². The monoisotopic (exact) mass is 431 g/mol. The number of carbonyl (C=O) groups excluding carboxylic acids is 1.